The van der Waals surface area contributed by atoms with Crippen LogP contribution in [-0.4, -0.2) is 56.1 Å². The van der Waals surface area contributed by atoms with Crippen molar-refractivity contribution in [1.29, 1.82) is 0 Å². The number of nitrogens with one attached hydrogen (secondary N) is 2. The molecule has 1 aromatic carbocycles. The van der Waals surface area contributed by atoms with Gasteiger partial charge in [-0.05, 0) is 31.0 Å². The smallest absolute Gasteiger partial charge is 0.240 e. The first-order chi connectivity index (χ1) is 11.6. The van der Waals surface area contributed by atoms with Crippen LogP contribution in [-0.2, 0) is 14.3 Å². The number of carbonyl (C=O) groups is 2. The van der Waals surface area contributed by atoms with Gasteiger partial charge in [0.25, 0.3) is 0 Å². The quantitative estimate of drug-likeness (QED) is 0.717. The predicted octanol–water partition coefficient (Wildman–Crippen LogP) is 1.62. The predicted molar refractivity (Wildman–Crippen MR) is 94.7 cm³/mol. The maximum atomic E-state index is 12.5. The van der Waals surface area contributed by atoms with Gasteiger partial charge in [0.05, 0.1) is 13.2 Å². The van der Waals surface area contributed by atoms with Gasteiger partial charge >= 0.3 is 0 Å². The molecule has 0 unspecified atom stereocenters. The zero-order chi connectivity index (χ0) is 17.0. The molecule has 130 valence electrons. The molecule has 1 aliphatic carbocycles. The van der Waals surface area contributed by atoms with Crippen molar-refractivity contribution in [3.8, 4) is 0 Å². The summed E-state index contributed by atoms with van der Waals surface area (Å²) < 4.78 is 6.19. The molecule has 3 rings (SSSR count). The van der Waals surface area contributed by atoms with Crippen LogP contribution in [0.3, 0.4) is 0 Å². The Kier molecular flexibility index (Phi) is 5.53. The maximum absolute atomic E-state index is 12.5. The molecular weight excluding hydrogens is 374 g/mol. The second-order valence-electron chi connectivity index (χ2n) is 6.26. The second kappa shape index (κ2) is 7.63. The summed E-state index contributed by atoms with van der Waals surface area (Å²) in [5.74, 6) is -0.382. The van der Waals surface area contributed by atoms with Crippen molar-refractivity contribution in [2.45, 2.75) is 12.8 Å². The van der Waals surface area contributed by atoms with E-state index in [0.29, 0.717) is 25.1 Å². The lowest BCUT2D eigenvalue weighted by Crippen LogP contribution is -2.45. The van der Waals surface area contributed by atoms with Gasteiger partial charge in [0, 0.05) is 36.3 Å². The fourth-order valence-electron chi connectivity index (χ4n) is 2.82. The first-order valence-electron chi connectivity index (χ1n) is 8.26. The van der Waals surface area contributed by atoms with Crippen molar-refractivity contribution >= 4 is 33.4 Å². The van der Waals surface area contributed by atoms with E-state index in [2.05, 4.69) is 31.5 Å². The zero-order valence-corrected chi connectivity index (χ0v) is 15.1. The molecule has 1 saturated carbocycles. The summed E-state index contributed by atoms with van der Waals surface area (Å²) in [5, 5.41) is 5.77. The molecule has 1 saturated heterocycles. The highest BCUT2D eigenvalue weighted by molar-refractivity contribution is 9.10. The Morgan fingerprint density at radius 1 is 1.21 bits per heavy atom. The van der Waals surface area contributed by atoms with Crippen LogP contribution >= 0.6 is 15.9 Å². The summed E-state index contributed by atoms with van der Waals surface area (Å²) in [6.45, 7) is 4.62. The summed E-state index contributed by atoms with van der Waals surface area (Å²) in [7, 11) is 0. The van der Waals surface area contributed by atoms with Crippen LogP contribution < -0.4 is 10.6 Å². The van der Waals surface area contributed by atoms with Crippen molar-refractivity contribution in [3.63, 3.8) is 0 Å². The first kappa shape index (κ1) is 17.4. The maximum Gasteiger partial charge on any atom is 0.240 e. The number of rotatable bonds is 6. The number of benzene rings is 1. The Morgan fingerprint density at radius 2 is 1.96 bits per heavy atom. The van der Waals surface area contributed by atoms with E-state index in [4.69, 9.17) is 4.74 Å². The van der Waals surface area contributed by atoms with Crippen molar-refractivity contribution < 1.29 is 14.3 Å². The van der Waals surface area contributed by atoms with Gasteiger partial charge in [0.15, 0.2) is 0 Å². The van der Waals surface area contributed by atoms with E-state index in [9.17, 15) is 9.59 Å². The van der Waals surface area contributed by atoms with Crippen LogP contribution in [0.25, 0.3) is 0 Å². The normalized spacial score (nSPS) is 19.5. The average Bonchev–Trinajstić information content (AvgIpc) is 3.38. The number of hydrogen-bond donors (Lipinski definition) is 2. The number of ether oxygens (including phenoxy) is 1. The van der Waals surface area contributed by atoms with Gasteiger partial charge in [-0.1, -0.05) is 22.0 Å². The Bertz CT molecular complexity index is 613. The van der Waals surface area contributed by atoms with Gasteiger partial charge in [-0.15, -0.1) is 0 Å². The molecule has 2 N–H and O–H groups in total. The zero-order valence-electron chi connectivity index (χ0n) is 13.5. The molecular formula is C17H22BrN3O3. The van der Waals surface area contributed by atoms with Gasteiger partial charge in [0.2, 0.25) is 11.8 Å². The van der Waals surface area contributed by atoms with Crippen molar-refractivity contribution in [3.05, 3.63) is 28.7 Å². The Labute approximate surface area is 150 Å². The standard InChI is InChI=1S/C17H22BrN3O3/c18-13-2-1-3-14(12-13)20-16(23)17(4-5-17)15(22)19-6-7-21-8-10-24-11-9-21/h1-3,12H,4-11H2,(H,19,22)(H,20,23). The topological polar surface area (TPSA) is 70.7 Å². The largest absolute Gasteiger partial charge is 0.379 e. The summed E-state index contributed by atoms with van der Waals surface area (Å²) in [6, 6.07) is 7.38. The first-order valence-corrected chi connectivity index (χ1v) is 9.05. The third-order valence-electron chi connectivity index (χ3n) is 4.52. The molecule has 1 aliphatic heterocycles. The van der Waals surface area contributed by atoms with E-state index in [0.717, 1.165) is 37.3 Å². The van der Waals surface area contributed by atoms with E-state index in [-0.39, 0.29) is 11.8 Å². The average molecular weight is 396 g/mol. The Morgan fingerprint density at radius 3 is 2.62 bits per heavy atom. The van der Waals surface area contributed by atoms with Crippen LogP contribution in [0.2, 0.25) is 0 Å². The van der Waals surface area contributed by atoms with E-state index >= 15 is 0 Å². The number of halogens is 1. The highest BCUT2D eigenvalue weighted by Gasteiger charge is 2.56. The third-order valence-corrected chi connectivity index (χ3v) is 5.01. The van der Waals surface area contributed by atoms with Crippen LogP contribution in [0.4, 0.5) is 5.69 Å². The molecule has 0 radical (unpaired) electrons. The van der Waals surface area contributed by atoms with Crippen LogP contribution in [0.15, 0.2) is 28.7 Å². The molecule has 24 heavy (non-hydrogen) atoms. The van der Waals surface area contributed by atoms with Gasteiger partial charge in [-0.25, -0.2) is 0 Å². The summed E-state index contributed by atoms with van der Waals surface area (Å²) >= 11 is 3.37. The van der Waals surface area contributed by atoms with Crippen LogP contribution in [0.1, 0.15) is 12.8 Å². The van der Waals surface area contributed by atoms with Gasteiger partial charge in [-0.3, -0.25) is 14.5 Å². The Hall–Kier alpha value is -1.44. The molecule has 1 heterocycles. The molecule has 7 heteroatoms. The third kappa shape index (κ3) is 4.15. The Balaban J connectivity index is 1.49. The molecule has 2 aliphatic rings. The van der Waals surface area contributed by atoms with E-state index in [1.165, 1.54) is 0 Å². The second-order valence-corrected chi connectivity index (χ2v) is 7.17. The van der Waals surface area contributed by atoms with Gasteiger partial charge in [-0.2, -0.15) is 0 Å². The molecule has 0 aromatic heterocycles. The van der Waals surface area contributed by atoms with E-state index < -0.39 is 5.41 Å². The van der Waals surface area contributed by atoms with E-state index in [1.807, 2.05) is 24.3 Å². The molecule has 2 fully saturated rings. The monoisotopic (exact) mass is 395 g/mol. The molecule has 2 amide bonds. The lowest BCUT2D eigenvalue weighted by Gasteiger charge is -2.26. The van der Waals surface area contributed by atoms with Gasteiger partial charge in [0.1, 0.15) is 5.41 Å². The van der Waals surface area contributed by atoms with Crippen molar-refractivity contribution in [2.75, 3.05) is 44.7 Å². The highest BCUT2D eigenvalue weighted by atomic mass is 79.9. The highest BCUT2D eigenvalue weighted by Crippen LogP contribution is 2.46. The summed E-state index contributed by atoms with van der Waals surface area (Å²) in [4.78, 5) is 27.2. The van der Waals surface area contributed by atoms with Crippen LogP contribution in [0.5, 0.6) is 0 Å². The number of morpholine rings is 1. The van der Waals surface area contributed by atoms with Crippen molar-refractivity contribution in [2.24, 2.45) is 5.41 Å². The SMILES string of the molecule is O=C(NCCN1CCOCC1)C1(C(=O)Nc2cccc(Br)c2)CC1. The summed E-state index contributed by atoms with van der Waals surface area (Å²) in [6.07, 6.45) is 1.21. The molecule has 0 spiro atoms. The van der Waals surface area contributed by atoms with Crippen molar-refractivity contribution in [1.82, 2.24) is 10.2 Å². The molecule has 6 nitrogen and oxygen atoms in total. The minimum Gasteiger partial charge on any atom is -0.379 e. The lowest BCUT2D eigenvalue weighted by molar-refractivity contribution is -0.134. The lowest BCUT2D eigenvalue weighted by atomic mass is 10.1. The number of amides is 2. The number of nitrogens with zero attached hydrogens (tertiary/aromatic N) is 1. The van der Waals surface area contributed by atoms with Gasteiger partial charge < -0.3 is 15.4 Å². The molecule has 0 bridgehead atoms. The fourth-order valence-corrected chi connectivity index (χ4v) is 3.22. The minimum absolute atomic E-state index is 0.164. The number of anilines is 1. The molecule has 0 atom stereocenters. The minimum atomic E-state index is -0.896. The van der Waals surface area contributed by atoms with E-state index in [1.54, 1.807) is 0 Å². The summed E-state index contributed by atoms with van der Waals surface area (Å²) in [5.41, 5.74) is -0.199. The molecule has 1 aromatic rings. The van der Waals surface area contributed by atoms with Crippen LogP contribution in [0, 0.1) is 5.41 Å². The number of hydrogen-bond acceptors (Lipinski definition) is 4. The fraction of sp³-hybridized carbons (Fsp3) is 0.529. The number of carbonyl (C=O) groups excluding carboxylic acids is 2.